The molecule has 0 spiro atoms. The molecule has 6 atom stereocenters. The largest absolute Gasteiger partial charge is 0.391 e. The van der Waals surface area contributed by atoms with E-state index >= 15 is 0 Å². The van der Waals surface area contributed by atoms with Gasteiger partial charge in [0.25, 0.3) is 0 Å². The molecule has 7 nitrogen and oxygen atoms in total. The van der Waals surface area contributed by atoms with Crippen LogP contribution in [-0.2, 0) is 9.54 Å². The number of carbonyl (C=O) groups is 1. The summed E-state index contributed by atoms with van der Waals surface area (Å²) in [5, 5.41) is 27.4. The molecular formula is C16H22N4O3S. The Balaban J connectivity index is 2.23. The van der Waals surface area contributed by atoms with Crippen LogP contribution in [0.25, 0.3) is 0 Å². The van der Waals surface area contributed by atoms with Gasteiger partial charge in [0.2, 0.25) is 5.91 Å². The lowest BCUT2D eigenvalue weighted by molar-refractivity contribution is -0.135. The van der Waals surface area contributed by atoms with E-state index in [-0.39, 0.29) is 5.91 Å². The number of piperidine rings is 1. The SMILES string of the molecule is C[C@@H](O)[C@H](O)[C@H]1[C@H](N=N)[C@]2(N(C)C)NC(=O)[C@@]1(c1ccccc1)S2. The van der Waals surface area contributed by atoms with Gasteiger partial charge in [0, 0.05) is 5.92 Å². The minimum absolute atomic E-state index is 0.225. The molecule has 0 radical (unpaired) electrons. The molecule has 8 heteroatoms. The fourth-order valence-corrected chi connectivity index (χ4v) is 5.76. The Morgan fingerprint density at radius 2 is 1.96 bits per heavy atom. The van der Waals surface area contributed by atoms with E-state index < -0.39 is 33.9 Å². The Kier molecular flexibility index (Phi) is 4.19. The highest BCUT2D eigenvalue weighted by Crippen LogP contribution is 2.65. The number of hydrogen-bond acceptors (Lipinski definition) is 7. The van der Waals surface area contributed by atoms with E-state index in [2.05, 4.69) is 10.4 Å². The third-order valence-corrected chi connectivity index (χ3v) is 7.06. The maximum Gasteiger partial charge on any atom is 0.243 e. The zero-order chi connectivity index (χ0) is 17.7. The fourth-order valence-electron chi connectivity index (χ4n) is 3.82. The molecule has 1 amide bonds. The van der Waals surface area contributed by atoms with Crippen LogP contribution in [-0.4, -0.2) is 58.4 Å². The van der Waals surface area contributed by atoms with Gasteiger partial charge in [-0.25, -0.2) is 5.53 Å². The summed E-state index contributed by atoms with van der Waals surface area (Å²) in [5.74, 6) is -0.935. The van der Waals surface area contributed by atoms with Crippen molar-refractivity contribution in [1.82, 2.24) is 10.2 Å². The molecule has 4 N–H and O–H groups in total. The number of fused-ring (bicyclic) bond motifs is 2. The van der Waals surface area contributed by atoms with Crippen LogP contribution in [0, 0.1) is 11.4 Å². The lowest BCUT2D eigenvalue weighted by Crippen LogP contribution is -2.66. The summed E-state index contributed by atoms with van der Waals surface area (Å²) in [6, 6.07) is 8.53. The van der Waals surface area contributed by atoms with E-state index in [0.29, 0.717) is 0 Å². The van der Waals surface area contributed by atoms with E-state index in [1.54, 1.807) is 0 Å². The van der Waals surface area contributed by atoms with E-state index in [1.165, 1.54) is 18.7 Å². The number of likely N-dealkylation sites (N-methyl/N-ethyl adjacent to an activating group) is 1. The summed E-state index contributed by atoms with van der Waals surface area (Å²) in [7, 11) is 3.62. The van der Waals surface area contributed by atoms with Gasteiger partial charge in [-0.05, 0) is 26.6 Å². The molecule has 130 valence electrons. The Morgan fingerprint density at radius 1 is 1.33 bits per heavy atom. The van der Waals surface area contributed by atoms with Crippen LogP contribution >= 0.6 is 11.8 Å². The molecule has 3 rings (SSSR count). The van der Waals surface area contributed by atoms with Gasteiger partial charge in [0.05, 0.1) is 12.2 Å². The summed E-state index contributed by atoms with van der Waals surface area (Å²) in [6.45, 7) is 1.49. The highest BCUT2D eigenvalue weighted by atomic mass is 32.2. The first-order valence-electron chi connectivity index (χ1n) is 7.79. The molecule has 2 heterocycles. The van der Waals surface area contributed by atoms with E-state index in [9.17, 15) is 15.0 Å². The molecule has 2 aliphatic rings. The molecule has 0 unspecified atom stereocenters. The molecule has 24 heavy (non-hydrogen) atoms. The number of thioether (sulfide) groups is 1. The van der Waals surface area contributed by atoms with Crippen LogP contribution in [0.2, 0.25) is 0 Å². The predicted octanol–water partition coefficient (Wildman–Crippen LogP) is 0.731. The van der Waals surface area contributed by atoms with Crippen molar-refractivity contribution in [3.8, 4) is 0 Å². The molecule has 0 aromatic heterocycles. The number of nitrogens with one attached hydrogen (secondary N) is 2. The summed E-state index contributed by atoms with van der Waals surface area (Å²) < 4.78 is -1.10. The van der Waals surface area contributed by atoms with Crippen molar-refractivity contribution in [1.29, 1.82) is 5.53 Å². The van der Waals surface area contributed by atoms with Crippen molar-refractivity contribution < 1.29 is 15.0 Å². The first-order chi connectivity index (χ1) is 11.3. The summed E-state index contributed by atoms with van der Waals surface area (Å²) in [5.41, 5.74) is 8.44. The van der Waals surface area contributed by atoms with Gasteiger partial charge in [-0.15, -0.1) is 0 Å². The molecule has 1 aromatic carbocycles. The van der Waals surface area contributed by atoms with Crippen molar-refractivity contribution in [2.24, 2.45) is 11.0 Å². The molecule has 2 saturated heterocycles. The second-order valence-electron chi connectivity index (χ2n) is 6.58. The predicted molar refractivity (Wildman–Crippen MR) is 90.4 cm³/mol. The van der Waals surface area contributed by atoms with E-state index in [4.69, 9.17) is 5.53 Å². The van der Waals surface area contributed by atoms with Crippen molar-refractivity contribution in [2.45, 2.75) is 34.9 Å². The monoisotopic (exact) mass is 350 g/mol. The zero-order valence-electron chi connectivity index (χ0n) is 13.8. The highest BCUT2D eigenvalue weighted by Gasteiger charge is 2.75. The van der Waals surface area contributed by atoms with Crippen LogP contribution in [0.4, 0.5) is 0 Å². The molecule has 1 aromatic rings. The van der Waals surface area contributed by atoms with Gasteiger partial charge in [-0.3, -0.25) is 9.69 Å². The summed E-state index contributed by atoms with van der Waals surface area (Å²) in [6.07, 6.45) is -2.21. The second-order valence-corrected chi connectivity index (χ2v) is 8.05. The number of nitrogens with zero attached hydrogens (tertiary/aromatic N) is 2. The van der Waals surface area contributed by atoms with Crippen molar-refractivity contribution in [2.75, 3.05) is 14.1 Å². The van der Waals surface area contributed by atoms with Crippen LogP contribution in [0.1, 0.15) is 12.5 Å². The maximum absolute atomic E-state index is 13.0. The van der Waals surface area contributed by atoms with Crippen LogP contribution in [0.5, 0.6) is 0 Å². The quantitative estimate of drug-likeness (QED) is 0.586. The van der Waals surface area contributed by atoms with Crippen LogP contribution < -0.4 is 5.32 Å². The topological polar surface area (TPSA) is 109 Å². The smallest absolute Gasteiger partial charge is 0.243 e. The van der Waals surface area contributed by atoms with Gasteiger partial charge < -0.3 is 15.5 Å². The van der Waals surface area contributed by atoms with Gasteiger partial charge in [-0.2, -0.15) is 5.11 Å². The average Bonchev–Trinajstić information content (AvgIpc) is 3.04. The minimum Gasteiger partial charge on any atom is -0.391 e. The highest BCUT2D eigenvalue weighted by molar-refractivity contribution is 8.03. The average molecular weight is 350 g/mol. The Hall–Kier alpha value is -1.48. The van der Waals surface area contributed by atoms with Crippen molar-refractivity contribution in [3.05, 3.63) is 35.9 Å². The number of benzene rings is 1. The Morgan fingerprint density at radius 3 is 2.46 bits per heavy atom. The third-order valence-electron chi connectivity index (χ3n) is 5.03. The number of hydrogen-bond donors (Lipinski definition) is 4. The van der Waals surface area contributed by atoms with Gasteiger partial charge >= 0.3 is 0 Å². The molecule has 2 fully saturated rings. The summed E-state index contributed by atoms with van der Waals surface area (Å²) >= 11 is 1.36. The van der Waals surface area contributed by atoms with Gasteiger partial charge in [-0.1, -0.05) is 42.1 Å². The number of aliphatic hydroxyl groups excluding tert-OH is 2. The molecule has 0 saturated carbocycles. The standard InChI is InChI=1S/C16H22N4O3S/c1-9(21)12(22)11-13(19-17)16(20(2)3)18-14(23)15(11,24-16)10-7-5-4-6-8-10/h4-9,11-13,17,21-22H,1-3H3,(H,18,23)/t9-,11+,12+,13+,15+,16-/m1/s1. The molecule has 2 bridgehead atoms. The van der Waals surface area contributed by atoms with E-state index in [0.717, 1.165) is 5.56 Å². The molecular weight excluding hydrogens is 328 g/mol. The van der Waals surface area contributed by atoms with Crippen molar-refractivity contribution >= 4 is 17.7 Å². The minimum atomic E-state index is -1.18. The molecule has 0 aliphatic carbocycles. The lowest BCUT2D eigenvalue weighted by Gasteiger charge is -2.43. The third kappa shape index (κ3) is 2.07. The van der Waals surface area contributed by atoms with Gasteiger partial charge in [0.1, 0.15) is 10.8 Å². The number of aliphatic hydroxyl groups is 2. The Bertz CT molecular complexity index is 656. The van der Waals surface area contributed by atoms with Crippen LogP contribution in [0.3, 0.4) is 0 Å². The van der Waals surface area contributed by atoms with Gasteiger partial charge in [0.15, 0.2) is 4.99 Å². The van der Waals surface area contributed by atoms with E-state index in [1.807, 2.05) is 49.3 Å². The lowest BCUT2D eigenvalue weighted by atomic mass is 9.72. The zero-order valence-corrected chi connectivity index (χ0v) is 14.6. The van der Waals surface area contributed by atoms with Crippen molar-refractivity contribution in [3.63, 3.8) is 0 Å². The normalized spacial score (nSPS) is 37.3. The second kappa shape index (κ2) is 5.80. The summed E-state index contributed by atoms with van der Waals surface area (Å²) in [4.78, 5) is 13.9. The fraction of sp³-hybridized carbons (Fsp3) is 0.562. The molecule has 2 aliphatic heterocycles. The van der Waals surface area contributed by atoms with Crippen LogP contribution in [0.15, 0.2) is 35.4 Å². The Labute approximate surface area is 144 Å². The first kappa shape index (κ1) is 17.3. The number of amides is 1. The first-order valence-corrected chi connectivity index (χ1v) is 8.61. The number of rotatable bonds is 5. The number of carbonyl (C=O) groups excluding carboxylic acids is 1. The maximum atomic E-state index is 13.0.